The summed E-state index contributed by atoms with van der Waals surface area (Å²) < 4.78 is 49.2. The van der Waals surface area contributed by atoms with Crippen LogP contribution in [0.25, 0.3) is 0 Å². The van der Waals surface area contributed by atoms with E-state index in [1.165, 1.54) is 18.2 Å². The molecule has 0 spiro atoms. The molecular formula is C12H16ClNO4S2. The molecule has 1 aliphatic carbocycles. The van der Waals surface area contributed by atoms with Crippen LogP contribution in [0.1, 0.15) is 20.3 Å². The second kappa shape index (κ2) is 4.98. The van der Waals surface area contributed by atoms with Crippen LogP contribution in [0.5, 0.6) is 0 Å². The van der Waals surface area contributed by atoms with Gasteiger partial charge in [0.15, 0.2) is 0 Å². The quantitative estimate of drug-likeness (QED) is 0.833. The Bertz CT molecular complexity index is 726. The third-order valence-electron chi connectivity index (χ3n) is 3.63. The Balaban J connectivity index is 2.18. The van der Waals surface area contributed by atoms with Crippen LogP contribution in [0.4, 0.5) is 0 Å². The summed E-state index contributed by atoms with van der Waals surface area (Å²) in [5.41, 5.74) is 0.170. The number of halogens is 1. The van der Waals surface area contributed by atoms with Crippen molar-refractivity contribution in [2.24, 2.45) is 11.3 Å². The van der Waals surface area contributed by atoms with Crippen molar-refractivity contribution in [1.82, 2.24) is 4.72 Å². The first-order chi connectivity index (χ1) is 9.02. The lowest BCUT2D eigenvalue weighted by Gasteiger charge is -2.08. The van der Waals surface area contributed by atoms with E-state index in [0.29, 0.717) is 12.5 Å². The third-order valence-corrected chi connectivity index (χ3v) is 6.41. The lowest BCUT2D eigenvalue weighted by molar-refractivity contribution is 0.537. The molecule has 2 rings (SSSR count). The fraction of sp³-hybridized carbons (Fsp3) is 0.500. The van der Waals surface area contributed by atoms with Crippen LogP contribution in [-0.2, 0) is 19.1 Å². The molecular weight excluding hydrogens is 322 g/mol. The van der Waals surface area contributed by atoms with Gasteiger partial charge >= 0.3 is 0 Å². The van der Waals surface area contributed by atoms with Crippen LogP contribution in [0.2, 0.25) is 0 Å². The van der Waals surface area contributed by atoms with E-state index in [1.807, 2.05) is 0 Å². The van der Waals surface area contributed by atoms with E-state index in [9.17, 15) is 16.8 Å². The highest BCUT2D eigenvalue weighted by molar-refractivity contribution is 8.13. The standard InChI is InChI=1S/C12H16ClNO4S2/c1-12(2)7-9(12)8-14-20(17,18)11-5-3-4-10(6-11)19(13,15)16/h3-6,9,14H,7-8H2,1-2H3. The molecule has 112 valence electrons. The van der Waals surface area contributed by atoms with Gasteiger partial charge in [0, 0.05) is 17.2 Å². The predicted molar refractivity (Wildman–Crippen MR) is 76.6 cm³/mol. The molecule has 0 aromatic heterocycles. The molecule has 20 heavy (non-hydrogen) atoms. The van der Waals surface area contributed by atoms with Gasteiger partial charge in [-0.05, 0) is 36.0 Å². The summed E-state index contributed by atoms with van der Waals surface area (Å²) >= 11 is 0. The van der Waals surface area contributed by atoms with E-state index in [1.54, 1.807) is 0 Å². The summed E-state index contributed by atoms with van der Waals surface area (Å²) in [5, 5.41) is 0. The van der Waals surface area contributed by atoms with Crippen molar-refractivity contribution in [2.75, 3.05) is 6.54 Å². The van der Waals surface area contributed by atoms with Gasteiger partial charge in [-0.2, -0.15) is 0 Å². The molecule has 0 aliphatic heterocycles. The van der Waals surface area contributed by atoms with Gasteiger partial charge < -0.3 is 0 Å². The maximum absolute atomic E-state index is 12.1. The summed E-state index contributed by atoms with van der Waals surface area (Å²) in [6.07, 6.45) is 0.978. The number of rotatable bonds is 5. The van der Waals surface area contributed by atoms with Crippen LogP contribution >= 0.6 is 10.7 Å². The van der Waals surface area contributed by atoms with Gasteiger partial charge in [0.2, 0.25) is 10.0 Å². The molecule has 0 radical (unpaired) electrons. The minimum Gasteiger partial charge on any atom is -0.211 e. The lowest BCUT2D eigenvalue weighted by atomic mass is 10.1. The highest BCUT2D eigenvalue weighted by Crippen LogP contribution is 2.51. The molecule has 0 heterocycles. The van der Waals surface area contributed by atoms with Crippen molar-refractivity contribution in [2.45, 2.75) is 30.1 Å². The average Bonchev–Trinajstić information content (AvgIpc) is 2.94. The average molecular weight is 338 g/mol. The molecule has 0 bridgehead atoms. The second-order valence-electron chi connectivity index (χ2n) is 5.65. The maximum Gasteiger partial charge on any atom is 0.261 e. The van der Waals surface area contributed by atoms with Crippen molar-refractivity contribution in [1.29, 1.82) is 0 Å². The van der Waals surface area contributed by atoms with Gasteiger partial charge in [-0.3, -0.25) is 0 Å². The number of benzene rings is 1. The molecule has 1 aromatic carbocycles. The van der Waals surface area contributed by atoms with Crippen molar-refractivity contribution >= 4 is 29.8 Å². The number of sulfonamides is 1. The topological polar surface area (TPSA) is 80.3 Å². The SMILES string of the molecule is CC1(C)CC1CNS(=O)(=O)c1cccc(S(=O)(=O)Cl)c1. The monoisotopic (exact) mass is 337 g/mol. The third kappa shape index (κ3) is 3.52. The first-order valence-electron chi connectivity index (χ1n) is 6.07. The fourth-order valence-electron chi connectivity index (χ4n) is 2.01. The van der Waals surface area contributed by atoms with Crippen molar-refractivity contribution in [3.05, 3.63) is 24.3 Å². The summed E-state index contributed by atoms with van der Waals surface area (Å²) in [5.74, 6) is 0.317. The molecule has 1 fully saturated rings. The molecule has 1 saturated carbocycles. The van der Waals surface area contributed by atoms with E-state index in [2.05, 4.69) is 18.6 Å². The lowest BCUT2D eigenvalue weighted by Crippen LogP contribution is -2.27. The summed E-state index contributed by atoms with van der Waals surface area (Å²) in [6.45, 7) is 4.51. The van der Waals surface area contributed by atoms with Crippen LogP contribution in [0, 0.1) is 11.3 Å². The molecule has 5 nitrogen and oxygen atoms in total. The summed E-state index contributed by atoms with van der Waals surface area (Å²) in [6, 6.07) is 5.00. The Kier molecular flexibility index (Phi) is 3.92. The normalized spacial score (nSPS) is 21.6. The Morgan fingerprint density at radius 1 is 1.25 bits per heavy atom. The molecule has 0 amide bonds. The molecule has 1 atom stereocenters. The zero-order chi connectivity index (χ0) is 15.2. The van der Waals surface area contributed by atoms with Crippen molar-refractivity contribution in [3.63, 3.8) is 0 Å². The van der Waals surface area contributed by atoms with Crippen LogP contribution in [-0.4, -0.2) is 23.4 Å². The highest BCUT2D eigenvalue weighted by atomic mass is 35.7. The number of hydrogen-bond acceptors (Lipinski definition) is 4. The number of nitrogens with one attached hydrogen (secondary N) is 1. The zero-order valence-electron chi connectivity index (χ0n) is 11.1. The van der Waals surface area contributed by atoms with Gasteiger partial charge in [-0.1, -0.05) is 19.9 Å². The molecule has 0 saturated heterocycles. The van der Waals surface area contributed by atoms with Crippen LogP contribution in [0.3, 0.4) is 0 Å². The first kappa shape index (κ1) is 15.8. The van der Waals surface area contributed by atoms with E-state index in [4.69, 9.17) is 10.7 Å². The second-order valence-corrected chi connectivity index (χ2v) is 9.99. The summed E-state index contributed by atoms with van der Waals surface area (Å²) in [7, 11) is -2.45. The Morgan fingerprint density at radius 3 is 2.30 bits per heavy atom. The molecule has 1 unspecified atom stereocenters. The molecule has 1 N–H and O–H groups in total. The van der Waals surface area contributed by atoms with Crippen molar-refractivity contribution < 1.29 is 16.8 Å². The minimum atomic E-state index is -3.94. The fourth-order valence-corrected chi connectivity index (χ4v) is 4.01. The van der Waals surface area contributed by atoms with Gasteiger partial charge in [-0.15, -0.1) is 0 Å². The predicted octanol–water partition coefficient (Wildman–Crippen LogP) is 1.94. The Morgan fingerprint density at radius 2 is 1.80 bits per heavy atom. The Hall–Kier alpha value is -0.630. The van der Waals surface area contributed by atoms with Gasteiger partial charge in [0.1, 0.15) is 0 Å². The van der Waals surface area contributed by atoms with Crippen LogP contribution < -0.4 is 4.72 Å². The van der Waals surface area contributed by atoms with E-state index in [0.717, 1.165) is 12.5 Å². The summed E-state index contributed by atoms with van der Waals surface area (Å²) in [4.78, 5) is -0.327. The van der Waals surface area contributed by atoms with Crippen LogP contribution in [0.15, 0.2) is 34.1 Å². The van der Waals surface area contributed by atoms with E-state index >= 15 is 0 Å². The minimum absolute atomic E-state index is 0.0994. The van der Waals surface area contributed by atoms with Gasteiger partial charge in [-0.25, -0.2) is 21.6 Å². The van der Waals surface area contributed by atoms with E-state index in [-0.39, 0.29) is 15.2 Å². The smallest absolute Gasteiger partial charge is 0.211 e. The molecule has 1 aliphatic rings. The largest absolute Gasteiger partial charge is 0.261 e. The molecule has 8 heteroatoms. The maximum atomic E-state index is 12.1. The van der Waals surface area contributed by atoms with Gasteiger partial charge in [0.25, 0.3) is 9.05 Å². The highest BCUT2D eigenvalue weighted by Gasteiger charge is 2.45. The van der Waals surface area contributed by atoms with Gasteiger partial charge in [0.05, 0.1) is 9.79 Å². The Labute approximate surface area is 123 Å². The van der Waals surface area contributed by atoms with E-state index < -0.39 is 19.1 Å². The number of hydrogen-bond donors (Lipinski definition) is 1. The molecule has 1 aromatic rings. The first-order valence-corrected chi connectivity index (χ1v) is 9.86. The zero-order valence-corrected chi connectivity index (χ0v) is 13.5. The van der Waals surface area contributed by atoms with Crippen molar-refractivity contribution in [3.8, 4) is 0 Å².